The van der Waals surface area contributed by atoms with Crippen LogP contribution in [0.4, 0.5) is 0 Å². The average Bonchev–Trinajstić information content (AvgIpc) is 2.48. The van der Waals surface area contributed by atoms with Crippen LogP contribution in [-0.4, -0.2) is 12.6 Å². The molecule has 0 aromatic heterocycles. The zero-order valence-electron chi connectivity index (χ0n) is 6.82. The third-order valence-electron chi connectivity index (χ3n) is 3.59. The zero-order chi connectivity index (χ0) is 7.03. The van der Waals surface area contributed by atoms with Crippen LogP contribution in [0, 0.1) is 5.41 Å². The molecule has 1 nitrogen and oxygen atoms in total. The minimum atomic E-state index is 0.736. The highest BCUT2D eigenvalue weighted by atomic mass is 15.0. The van der Waals surface area contributed by atoms with Crippen molar-refractivity contribution in [3.8, 4) is 0 Å². The molecule has 2 aliphatic rings. The maximum Gasteiger partial charge on any atom is 0.00956 e. The summed E-state index contributed by atoms with van der Waals surface area (Å²) in [5.74, 6) is 0. The number of rotatable bonds is 0. The molecule has 2 rings (SSSR count). The Bertz CT molecular complexity index is 119. The molecule has 0 amide bonds. The summed E-state index contributed by atoms with van der Waals surface area (Å²) in [6, 6.07) is 0.801. The van der Waals surface area contributed by atoms with Crippen molar-refractivity contribution >= 4 is 0 Å². The highest BCUT2D eigenvalue weighted by Crippen LogP contribution is 2.46. The molecule has 0 aromatic rings. The van der Waals surface area contributed by atoms with Gasteiger partial charge in [0.1, 0.15) is 0 Å². The molecule has 1 spiro atoms. The largest absolute Gasteiger partial charge is 0.314 e. The van der Waals surface area contributed by atoms with E-state index in [9.17, 15) is 0 Å². The zero-order valence-corrected chi connectivity index (χ0v) is 6.82. The lowest BCUT2D eigenvalue weighted by Crippen LogP contribution is -2.31. The summed E-state index contributed by atoms with van der Waals surface area (Å²) in [7, 11) is 0. The first-order valence-electron chi connectivity index (χ1n) is 4.57. The Labute approximate surface area is 63.2 Å². The Balaban J connectivity index is 2.11. The molecule has 0 unspecified atom stereocenters. The minimum Gasteiger partial charge on any atom is -0.314 e. The lowest BCUT2D eigenvalue weighted by Gasteiger charge is -2.27. The molecule has 1 heteroatoms. The van der Waals surface area contributed by atoms with Crippen LogP contribution in [0.15, 0.2) is 0 Å². The van der Waals surface area contributed by atoms with Crippen molar-refractivity contribution in [3.05, 3.63) is 0 Å². The van der Waals surface area contributed by atoms with Crippen molar-refractivity contribution in [2.75, 3.05) is 6.54 Å². The first-order chi connectivity index (χ1) is 4.83. The molecule has 2 fully saturated rings. The van der Waals surface area contributed by atoms with Crippen LogP contribution < -0.4 is 5.32 Å². The molecule has 1 saturated carbocycles. The molecule has 1 saturated heterocycles. The van der Waals surface area contributed by atoms with E-state index in [0.29, 0.717) is 0 Å². The molecule has 0 radical (unpaired) electrons. The molecule has 58 valence electrons. The molecular formula is C9H17N. The normalized spacial score (nSPS) is 37.5. The van der Waals surface area contributed by atoms with E-state index in [1.807, 2.05) is 0 Å². The van der Waals surface area contributed by atoms with Gasteiger partial charge in [0, 0.05) is 6.04 Å². The fourth-order valence-corrected chi connectivity index (χ4v) is 2.73. The summed E-state index contributed by atoms with van der Waals surface area (Å²) in [5, 5.41) is 3.55. The Morgan fingerprint density at radius 3 is 2.40 bits per heavy atom. The van der Waals surface area contributed by atoms with Gasteiger partial charge in [-0.1, -0.05) is 12.8 Å². The lowest BCUT2D eigenvalue weighted by molar-refractivity contribution is 0.270. The molecule has 0 bridgehead atoms. The van der Waals surface area contributed by atoms with E-state index in [4.69, 9.17) is 0 Å². The Kier molecular flexibility index (Phi) is 1.48. The minimum absolute atomic E-state index is 0.736. The van der Waals surface area contributed by atoms with Gasteiger partial charge in [-0.05, 0) is 38.1 Å². The van der Waals surface area contributed by atoms with Gasteiger partial charge < -0.3 is 5.32 Å². The molecule has 1 atom stereocenters. The van der Waals surface area contributed by atoms with Crippen molar-refractivity contribution in [2.24, 2.45) is 5.41 Å². The number of hydrogen-bond donors (Lipinski definition) is 1. The third-order valence-corrected chi connectivity index (χ3v) is 3.59. The van der Waals surface area contributed by atoms with Crippen LogP contribution in [0.5, 0.6) is 0 Å². The predicted molar refractivity (Wildman–Crippen MR) is 43.0 cm³/mol. The molecule has 1 aliphatic carbocycles. The van der Waals surface area contributed by atoms with Crippen LogP contribution >= 0.6 is 0 Å². The van der Waals surface area contributed by atoms with Gasteiger partial charge in [0.25, 0.3) is 0 Å². The lowest BCUT2D eigenvalue weighted by atomic mass is 9.80. The van der Waals surface area contributed by atoms with Crippen molar-refractivity contribution in [2.45, 2.75) is 45.1 Å². The van der Waals surface area contributed by atoms with Crippen LogP contribution in [0.25, 0.3) is 0 Å². The van der Waals surface area contributed by atoms with Gasteiger partial charge in [-0.3, -0.25) is 0 Å². The average molecular weight is 139 g/mol. The topological polar surface area (TPSA) is 12.0 Å². The second-order valence-corrected chi connectivity index (χ2v) is 4.00. The molecule has 0 aromatic carbocycles. The molecule has 1 heterocycles. The standard InChI is InChI=1S/C9H17N/c1-8-9(6-7-10-8)4-2-3-5-9/h8,10H,2-7H2,1H3/t8-/m0/s1. The highest BCUT2D eigenvalue weighted by molar-refractivity contribution is 4.97. The Morgan fingerprint density at radius 1 is 1.20 bits per heavy atom. The van der Waals surface area contributed by atoms with Gasteiger partial charge >= 0.3 is 0 Å². The summed E-state index contributed by atoms with van der Waals surface area (Å²) < 4.78 is 0. The smallest absolute Gasteiger partial charge is 0.00956 e. The first-order valence-corrected chi connectivity index (χ1v) is 4.57. The monoisotopic (exact) mass is 139 g/mol. The summed E-state index contributed by atoms with van der Waals surface area (Å²) >= 11 is 0. The van der Waals surface area contributed by atoms with E-state index < -0.39 is 0 Å². The maximum absolute atomic E-state index is 3.55. The van der Waals surface area contributed by atoms with E-state index in [1.54, 1.807) is 0 Å². The maximum atomic E-state index is 3.55. The van der Waals surface area contributed by atoms with Crippen LogP contribution in [-0.2, 0) is 0 Å². The fraction of sp³-hybridized carbons (Fsp3) is 1.00. The Hall–Kier alpha value is -0.0400. The van der Waals surface area contributed by atoms with Gasteiger partial charge in [-0.2, -0.15) is 0 Å². The second kappa shape index (κ2) is 2.23. The highest BCUT2D eigenvalue weighted by Gasteiger charge is 2.41. The van der Waals surface area contributed by atoms with E-state index in [1.165, 1.54) is 38.6 Å². The summed E-state index contributed by atoms with van der Waals surface area (Å²) in [6.07, 6.45) is 7.37. The molecule has 1 aliphatic heterocycles. The SMILES string of the molecule is C[C@@H]1NCCC12CCCC2. The van der Waals surface area contributed by atoms with Crippen LogP contribution in [0.2, 0.25) is 0 Å². The molecule has 1 N–H and O–H groups in total. The van der Waals surface area contributed by atoms with E-state index >= 15 is 0 Å². The van der Waals surface area contributed by atoms with Crippen molar-refractivity contribution < 1.29 is 0 Å². The summed E-state index contributed by atoms with van der Waals surface area (Å²) in [4.78, 5) is 0. The van der Waals surface area contributed by atoms with Crippen molar-refractivity contribution in [3.63, 3.8) is 0 Å². The van der Waals surface area contributed by atoms with Gasteiger partial charge in [0.2, 0.25) is 0 Å². The second-order valence-electron chi connectivity index (χ2n) is 4.00. The fourth-order valence-electron chi connectivity index (χ4n) is 2.73. The number of hydrogen-bond acceptors (Lipinski definition) is 1. The van der Waals surface area contributed by atoms with Crippen molar-refractivity contribution in [1.29, 1.82) is 0 Å². The summed E-state index contributed by atoms with van der Waals surface area (Å²) in [6.45, 7) is 3.62. The van der Waals surface area contributed by atoms with Gasteiger partial charge in [0.15, 0.2) is 0 Å². The quantitative estimate of drug-likeness (QED) is 0.540. The van der Waals surface area contributed by atoms with Gasteiger partial charge in [-0.15, -0.1) is 0 Å². The van der Waals surface area contributed by atoms with E-state index in [-0.39, 0.29) is 0 Å². The van der Waals surface area contributed by atoms with Crippen molar-refractivity contribution in [1.82, 2.24) is 5.32 Å². The predicted octanol–water partition coefficient (Wildman–Crippen LogP) is 1.93. The van der Waals surface area contributed by atoms with Crippen LogP contribution in [0.3, 0.4) is 0 Å². The number of nitrogens with one attached hydrogen (secondary N) is 1. The first kappa shape index (κ1) is 6.66. The van der Waals surface area contributed by atoms with Crippen LogP contribution in [0.1, 0.15) is 39.0 Å². The van der Waals surface area contributed by atoms with E-state index in [2.05, 4.69) is 12.2 Å². The van der Waals surface area contributed by atoms with Gasteiger partial charge in [-0.25, -0.2) is 0 Å². The summed E-state index contributed by atoms with van der Waals surface area (Å²) in [5.41, 5.74) is 0.736. The van der Waals surface area contributed by atoms with Gasteiger partial charge in [0.05, 0.1) is 0 Å². The molecular weight excluding hydrogens is 122 g/mol. The Morgan fingerprint density at radius 2 is 1.90 bits per heavy atom. The third kappa shape index (κ3) is 0.800. The van der Waals surface area contributed by atoms with E-state index in [0.717, 1.165) is 11.5 Å². The molecule has 10 heavy (non-hydrogen) atoms.